The summed E-state index contributed by atoms with van der Waals surface area (Å²) in [7, 11) is 0. The minimum Gasteiger partial charge on any atom is -0.312 e. The maximum atomic E-state index is 5.62. The van der Waals surface area contributed by atoms with Gasteiger partial charge in [0.1, 0.15) is 6.54 Å². The van der Waals surface area contributed by atoms with Crippen LogP contribution >= 0.6 is 12.2 Å². The van der Waals surface area contributed by atoms with Crippen molar-refractivity contribution in [3.05, 3.63) is 69.5 Å². The monoisotopic (exact) mass is 352 g/mol. The normalized spacial score (nSPS) is 16.6. The number of tetrazole rings is 1. The third kappa shape index (κ3) is 3.15. The summed E-state index contributed by atoms with van der Waals surface area (Å²) in [5.74, 6) is 0. The van der Waals surface area contributed by atoms with Crippen LogP contribution in [0.3, 0.4) is 0 Å². The Hall–Kier alpha value is -2.31. The number of nitrogens with zero attached hydrogens (tertiary/aromatic N) is 4. The van der Waals surface area contributed by atoms with Crippen LogP contribution in [-0.2, 0) is 19.6 Å². The van der Waals surface area contributed by atoms with Crippen molar-refractivity contribution in [1.29, 1.82) is 0 Å². The van der Waals surface area contributed by atoms with Crippen molar-refractivity contribution < 1.29 is 4.90 Å². The summed E-state index contributed by atoms with van der Waals surface area (Å²) in [5, 5.41) is 8.58. The van der Waals surface area contributed by atoms with E-state index in [0.29, 0.717) is 4.77 Å². The Morgan fingerprint density at radius 3 is 2.64 bits per heavy atom. The van der Waals surface area contributed by atoms with Crippen LogP contribution in [0.4, 0.5) is 0 Å². The molecule has 128 valence electrons. The van der Waals surface area contributed by atoms with E-state index in [9.17, 15) is 0 Å². The van der Waals surface area contributed by atoms with E-state index in [1.165, 1.54) is 27.2 Å². The fourth-order valence-corrected chi connectivity index (χ4v) is 3.63. The summed E-state index contributed by atoms with van der Waals surface area (Å²) in [6.45, 7) is 7.05. The molecule has 0 bridgehead atoms. The molecule has 0 aliphatic carbocycles. The summed E-state index contributed by atoms with van der Waals surface area (Å²) in [6.07, 6.45) is 1.10. The molecule has 0 saturated carbocycles. The molecule has 1 aliphatic heterocycles. The quantitative estimate of drug-likeness (QED) is 0.733. The van der Waals surface area contributed by atoms with Crippen molar-refractivity contribution in [2.75, 3.05) is 6.54 Å². The molecule has 1 aromatic heterocycles. The molecule has 2 heterocycles. The summed E-state index contributed by atoms with van der Waals surface area (Å²) in [5.41, 5.74) is 6.36. The molecule has 4 rings (SSSR count). The average Bonchev–Trinajstić information content (AvgIpc) is 2.98. The highest BCUT2D eigenvalue weighted by Gasteiger charge is 2.20. The van der Waals surface area contributed by atoms with Crippen molar-refractivity contribution in [2.24, 2.45) is 0 Å². The maximum absolute atomic E-state index is 5.62. The Bertz CT molecular complexity index is 972. The van der Waals surface area contributed by atoms with Crippen molar-refractivity contribution in [3.8, 4) is 5.69 Å². The highest BCUT2D eigenvalue weighted by molar-refractivity contribution is 7.71. The van der Waals surface area contributed by atoms with Gasteiger partial charge in [-0.2, -0.15) is 9.36 Å². The van der Waals surface area contributed by atoms with Gasteiger partial charge >= 0.3 is 0 Å². The van der Waals surface area contributed by atoms with Crippen LogP contribution < -0.4 is 4.90 Å². The number of hydrogen-bond acceptors (Lipinski definition) is 3. The van der Waals surface area contributed by atoms with Gasteiger partial charge < -0.3 is 4.90 Å². The summed E-state index contributed by atoms with van der Waals surface area (Å²) < 4.78 is 4.24. The standard InChI is InChI=1S/C19H21N5S/c1-14-7-8-18(11-15(14)2)24-19(25)23(20-21-24)13-22-10-9-16-5-3-4-6-17(16)12-22/h3-8,11H,9-10,12-13H2,1-2H3/p+1. The average molecular weight is 352 g/mol. The highest BCUT2D eigenvalue weighted by Crippen LogP contribution is 2.13. The fourth-order valence-electron chi connectivity index (χ4n) is 3.38. The number of aryl methyl sites for hydroxylation is 2. The van der Waals surface area contributed by atoms with Gasteiger partial charge in [-0.3, -0.25) is 0 Å². The van der Waals surface area contributed by atoms with Crippen LogP contribution in [0.1, 0.15) is 22.3 Å². The lowest BCUT2D eigenvalue weighted by atomic mass is 10.0. The second-order valence-corrected chi connectivity index (χ2v) is 7.16. The molecule has 5 nitrogen and oxygen atoms in total. The zero-order valence-corrected chi connectivity index (χ0v) is 15.4. The van der Waals surface area contributed by atoms with Crippen molar-refractivity contribution in [2.45, 2.75) is 33.5 Å². The van der Waals surface area contributed by atoms with E-state index in [4.69, 9.17) is 12.2 Å². The second-order valence-electron chi connectivity index (χ2n) is 6.79. The molecule has 0 saturated heterocycles. The lowest BCUT2D eigenvalue weighted by Crippen LogP contribution is -3.11. The number of rotatable bonds is 3. The molecule has 25 heavy (non-hydrogen) atoms. The molecule has 6 heteroatoms. The van der Waals surface area contributed by atoms with E-state index in [2.05, 4.69) is 60.7 Å². The molecule has 1 unspecified atom stereocenters. The Labute approximate surface area is 152 Å². The van der Waals surface area contributed by atoms with Gasteiger partial charge in [-0.25, -0.2) is 0 Å². The molecule has 0 radical (unpaired) electrons. The van der Waals surface area contributed by atoms with Gasteiger partial charge in [0.05, 0.1) is 12.2 Å². The zero-order valence-electron chi connectivity index (χ0n) is 14.6. The first-order valence-electron chi connectivity index (χ1n) is 8.62. The lowest BCUT2D eigenvalue weighted by molar-refractivity contribution is -0.939. The predicted octanol–water partition coefficient (Wildman–Crippen LogP) is 2.01. The molecule has 0 fully saturated rings. The Morgan fingerprint density at radius 1 is 1.04 bits per heavy atom. The van der Waals surface area contributed by atoms with Gasteiger partial charge in [-0.05, 0) is 65.3 Å². The van der Waals surface area contributed by atoms with Crippen LogP contribution in [-0.4, -0.2) is 26.3 Å². The topological polar surface area (TPSA) is 40.1 Å². The molecular formula is C19H22N5S+. The van der Waals surface area contributed by atoms with E-state index in [1.54, 1.807) is 4.68 Å². The van der Waals surface area contributed by atoms with Crippen LogP contribution in [0.5, 0.6) is 0 Å². The van der Waals surface area contributed by atoms with Gasteiger partial charge in [0.25, 0.3) is 0 Å². The van der Waals surface area contributed by atoms with Crippen molar-refractivity contribution >= 4 is 12.2 Å². The number of fused-ring (bicyclic) bond motifs is 1. The molecular weight excluding hydrogens is 330 g/mol. The predicted molar refractivity (Wildman–Crippen MR) is 99.3 cm³/mol. The van der Waals surface area contributed by atoms with E-state index >= 15 is 0 Å². The summed E-state index contributed by atoms with van der Waals surface area (Å²) in [4.78, 5) is 1.46. The van der Waals surface area contributed by atoms with Gasteiger partial charge in [0, 0.05) is 12.0 Å². The number of nitrogens with one attached hydrogen (secondary N) is 1. The van der Waals surface area contributed by atoms with Gasteiger partial charge in [-0.1, -0.05) is 30.3 Å². The van der Waals surface area contributed by atoms with Gasteiger partial charge in [-0.15, -0.1) is 0 Å². The van der Waals surface area contributed by atoms with E-state index in [-0.39, 0.29) is 0 Å². The SMILES string of the molecule is Cc1ccc(-n2nnn(C[NH+]3CCc4ccccc4C3)c2=S)cc1C. The van der Waals surface area contributed by atoms with Crippen LogP contribution in [0.15, 0.2) is 42.5 Å². The molecule has 1 N–H and O–H groups in total. The largest absolute Gasteiger partial charge is 0.312 e. The third-order valence-corrected chi connectivity index (χ3v) is 5.44. The van der Waals surface area contributed by atoms with Gasteiger partial charge in [0.15, 0.2) is 6.67 Å². The van der Waals surface area contributed by atoms with E-state index in [0.717, 1.165) is 31.9 Å². The Morgan fingerprint density at radius 2 is 1.84 bits per heavy atom. The number of hydrogen-bond donors (Lipinski definition) is 1. The van der Waals surface area contributed by atoms with Crippen LogP contribution in [0, 0.1) is 18.6 Å². The minimum atomic E-state index is 0.648. The Kier molecular flexibility index (Phi) is 4.23. The smallest absolute Gasteiger partial charge is 0.225 e. The minimum absolute atomic E-state index is 0.648. The molecule has 3 aromatic rings. The Balaban J connectivity index is 1.56. The molecule has 2 aromatic carbocycles. The fraction of sp³-hybridized carbons (Fsp3) is 0.316. The summed E-state index contributed by atoms with van der Waals surface area (Å²) >= 11 is 5.62. The molecule has 1 aliphatic rings. The van der Waals surface area contributed by atoms with Crippen molar-refractivity contribution in [3.63, 3.8) is 0 Å². The maximum Gasteiger partial charge on any atom is 0.225 e. The highest BCUT2D eigenvalue weighted by atomic mass is 32.1. The first-order chi connectivity index (χ1) is 12.1. The van der Waals surface area contributed by atoms with E-state index < -0.39 is 0 Å². The zero-order chi connectivity index (χ0) is 17.4. The number of quaternary nitrogens is 1. The van der Waals surface area contributed by atoms with Gasteiger partial charge in [0.2, 0.25) is 4.77 Å². The second kappa shape index (κ2) is 6.54. The number of aromatic nitrogens is 4. The van der Waals surface area contributed by atoms with Crippen LogP contribution in [0.2, 0.25) is 0 Å². The molecule has 0 amide bonds. The summed E-state index contributed by atoms with van der Waals surface area (Å²) in [6, 6.07) is 14.9. The molecule has 0 spiro atoms. The third-order valence-electron chi connectivity index (χ3n) is 5.05. The first kappa shape index (κ1) is 16.2. The van der Waals surface area contributed by atoms with E-state index in [1.807, 2.05) is 10.7 Å². The van der Waals surface area contributed by atoms with Crippen molar-refractivity contribution in [1.82, 2.24) is 19.8 Å². The number of benzene rings is 2. The lowest BCUT2D eigenvalue weighted by Gasteiger charge is -2.25. The molecule has 1 atom stereocenters. The van der Waals surface area contributed by atoms with Crippen LogP contribution in [0.25, 0.3) is 5.69 Å². The first-order valence-corrected chi connectivity index (χ1v) is 9.03.